The Morgan fingerprint density at radius 2 is 2.13 bits per heavy atom. The van der Waals surface area contributed by atoms with Crippen molar-refractivity contribution < 1.29 is 9.90 Å². The monoisotopic (exact) mass is 202 g/mol. The predicted molar refractivity (Wildman–Crippen MR) is 55.7 cm³/mol. The van der Waals surface area contributed by atoms with Gasteiger partial charge in [-0.25, -0.2) is 9.78 Å². The first-order chi connectivity index (χ1) is 7.18. The van der Waals surface area contributed by atoms with Gasteiger partial charge >= 0.3 is 5.97 Å². The number of aromatic nitrogens is 2. The summed E-state index contributed by atoms with van der Waals surface area (Å²) in [4.78, 5) is 18.1. The zero-order valence-corrected chi connectivity index (χ0v) is 8.19. The third-order valence-corrected chi connectivity index (χ3v) is 2.12. The maximum Gasteiger partial charge on any atom is 0.336 e. The van der Waals surface area contributed by atoms with Crippen molar-refractivity contribution in [1.29, 1.82) is 0 Å². The van der Waals surface area contributed by atoms with E-state index in [0.717, 1.165) is 5.69 Å². The molecule has 4 nitrogen and oxygen atoms in total. The number of aromatic amines is 1. The van der Waals surface area contributed by atoms with E-state index in [1.807, 2.05) is 6.92 Å². The van der Waals surface area contributed by atoms with Crippen LogP contribution in [0, 0.1) is 6.92 Å². The summed E-state index contributed by atoms with van der Waals surface area (Å²) in [6.07, 6.45) is 1.67. The first kappa shape index (κ1) is 9.45. The summed E-state index contributed by atoms with van der Waals surface area (Å²) < 4.78 is 0. The number of hydrogen-bond donors (Lipinski definition) is 2. The van der Waals surface area contributed by atoms with Crippen LogP contribution in [0.2, 0.25) is 0 Å². The SMILES string of the molecule is Cc1cnc(-c2ccccc2C(=O)O)[nH]1. The van der Waals surface area contributed by atoms with Gasteiger partial charge in [-0.3, -0.25) is 0 Å². The molecule has 1 heterocycles. The topological polar surface area (TPSA) is 66.0 Å². The highest BCUT2D eigenvalue weighted by atomic mass is 16.4. The van der Waals surface area contributed by atoms with E-state index in [9.17, 15) is 4.79 Å². The number of aryl methyl sites for hydroxylation is 1. The first-order valence-electron chi connectivity index (χ1n) is 4.53. The lowest BCUT2D eigenvalue weighted by Gasteiger charge is -2.01. The van der Waals surface area contributed by atoms with E-state index in [2.05, 4.69) is 9.97 Å². The van der Waals surface area contributed by atoms with E-state index in [1.165, 1.54) is 0 Å². The number of nitrogens with zero attached hydrogens (tertiary/aromatic N) is 1. The highest BCUT2D eigenvalue weighted by Crippen LogP contribution is 2.20. The van der Waals surface area contributed by atoms with Gasteiger partial charge in [-0.15, -0.1) is 0 Å². The molecule has 0 bridgehead atoms. The van der Waals surface area contributed by atoms with Crippen LogP contribution in [0.3, 0.4) is 0 Å². The van der Waals surface area contributed by atoms with Gasteiger partial charge in [0.1, 0.15) is 5.82 Å². The average molecular weight is 202 g/mol. The van der Waals surface area contributed by atoms with Gasteiger partial charge in [0.25, 0.3) is 0 Å². The second-order valence-corrected chi connectivity index (χ2v) is 3.27. The molecule has 0 saturated carbocycles. The van der Waals surface area contributed by atoms with Crippen LogP contribution in [-0.2, 0) is 0 Å². The van der Waals surface area contributed by atoms with Crippen molar-refractivity contribution in [3.63, 3.8) is 0 Å². The number of nitrogens with one attached hydrogen (secondary N) is 1. The Hall–Kier alpha value is -2.10. The standard InChI is InChI=1S/C11H10N2O2/c1-7-6-12-10(13-7)8-4-2-3-5-9(8)11(14)15/h2-6H,1H3,(H,12,13)(H,14,15). The number of carboxylic acids is 1. The summed E-state index contributed by atoms with van der Waals surface area (Å²) >= 11 is 0. The molecule has 0 aliphatic rings. The second-order valence-electron chi connectivity index (χ2n) is 3.27. The quantitative estimate of drug-likeness (QED) is 0.783. The van der Waals surface area contributed by atoms with Crippen molar-refractivity contribution in [2.45, 2.75) is 6.92 Å². The van der Waals surface area contributed by atoms with Gasteiger partial charge in [0.2, 0.25) is 0 Å². The number of carbonyl (C=O) groups is 1. The fraction of sp³-hybridized carbons (Fsp3) is 0.0909. The Balaban J connectivity index is 2.57. The molecular formula is C11H10N2O2. The normalized spacial score (nSPS) is 10.2. The van der Waals surface area contributed by atoms with Crippen LogP contribution in [0.1, 0.15) is 16.1 Å². The number of hydrogen-bond acceptors (Lipinski definition) is 2. The van der Waals surface area contributed by atoms with Crippen molar-refractivity contribution in [2.24, 2.45) is 0 Å². The molecule has 0 aliphatic heterocycles. The van der Waals surface area contributed by atoms with E-state index < -0.39 is 5.97 Å². The number of carboxylic acid groups (broad SMARTS) is 1. The summed E-state index contributed by atoms with van der Waals surface area (Å²) in [7, 11) is 0. The minimum atomic E-state index is -0.945. The fourth-order valence-corrected chi connectivity index (χ4v) is 1.43. The Bertz CT molecular complexity index is 503. The van der Waals surface area contributed by atoms with Crippen molar-refractivity contribution in [1.82, 2.24) is 9.97 Å². The van der Waals surface area contributed by atoms with E-state index >= 15 is 0 Å². The summed E-state index contributed by atoms with van der Waals surface area (Å²) in [6, 6.07) is 6.79. The molecule has 0 atom stereocenters. The molecule has 0 fully saturated rings. The lowest BCUT2D eigenvalue weighted by molar-refractivity contribution is 0.0697. The molecule has 1 aromatic heterocycles. The molecule has 0 aliphatic carbocycles. The number of rotatable bonds is 2. The van der Waals surface area contributed by atoms with Gasteiger partial charge in [-0.1, -0.05) is 18.2 Å². The number of imidazole rings is 1. The molecule has 76 valence electrons. The van der Waals surface area contributed by atoms with E-state index in [-0.39, 0.29) is 5.56 Å². The van der Waals surface area contributed by atoms with Gasteiger partial charge in [-0.2, -0.15) is 0 Å². The Kier molecular flexibility index (Phi) is 2.25. The van der Waals surface area contributed by atoms with Crippen LogP contribution in [0.15, 0.2) is 30.5 Å². The molecule has 0 saturated heterocycles. The molecule has 2 N–H and O–H groups in total. The highest BCUT2D eigenvalue weighted by Gasteiger charge is 2.12. The molecule has 0 amide bonds. The van der Waals surface area contributed by atoms with Crippen molar-refractivity contribution in [3.8, 4) is 11.4 Å². The second kappa shape index (κ2) is 3.57. The van der Waals surface area contributed by atoms with E-state index in [1.54, 1.807) is 30.5 Å². The molecule has 2 aromatic rings. The maximum atomic E-state index is 11.0. The van der Waals surface area contributed by atoms with Crippen LogP contribution >= 0.6 is 0 Å². The van der Waals surface area contributed by atoms with Crippen LogP contribution in [0.4, 0.5) is 0 Å². The number of aromatic carboxylic acids is 1. The van der Waals surface area contributed by atoms with Crippen molar-refractivity contribution in [2.75, 3.05) is 0 Å². The zero-order valence-electron chi connectivity index (χ0n) is 8.19. The summed E-state index contributed by atoms with van der Waals surface area (Å²) in [5.41, 5.74) is 1.77. The lowest BCUT2D eigenvalue weighted by Crippen LogP contribution is -1.99. The summed E-state index contributed by atoms with van der Waals surface area (Å²) in [5, 5.41) is 8.99. The van der Waals surface area contributed by atoms with Crippen LogP contribution < -0.4 is 0 Å². The zero-order chi connectivity index (χ0) is 10.8. The smallest absolute Gasteiger partial charge is 0.336 e. The van der Waals surface area contributed by atoms with Gasteiger partial charge in [0.05, 0.1) is 5.56 Å². The van der Waals surface area contributed by atoms with Crippen molar-refractivity contribution in [3.05, 3.63) is 41.7 Å². The molecule has 4 heteroatoms. The summed E-state index contributed by atoms with van der Waals surface area (Å²) in [6.45, 7) is 1.87. The number of H-pyrrole nitrogens is 1. The van der Waals surface area contributed by atoms with Crippen LogP contribution in [0.25, 0.3) is 11.4 Å². The average Bonchev–Trinajstić information content (AvgIpc) is 2.65. The predicted octanol–water partition coefficient (Wildman–Crippen LogP) is 2.08. The Morgan fingerprint density at radius 1 is 1.40 bits per heavy atom. The van der Waals surface area contributed by atoms with Gasteiger partial charge < -0.3 is 10.1 Å². The summed E-state index contributed by atoms with van der Waals surface area (Å²) in [5.74, 6) is -0.356. The lowest BCUT2D eigenvalue weighted by atomic mass is 10.1. The minimum Gasteiger partial charge on any atom is -0.478 e. The van der Waals surface area contributed by atoms with Crippen molar-refractivity contribution >= 4 is 5.97 Å². The van der Waals surface area contributed by atoms with E-state index in [4.69, 9.17) is 5.11 Å². The minimum absolute atomic E-state index is 0.256. The van der Waals surface area contributed by atoms with E-state index in [0.29, 0.717) is 11.4 Å². The molecule has 0 spiro atoms. The highest BCUT2D eigenvalue weighted by molar-refractivity contribution is 5.94. The van der Waals surface area contributed by atoms with Gasteiger partial charge in [0, 0.05) is 17.5 Å². The third-order valence-electron chi connectivity index (χ3n) is 2.12. The Labute approximate surface area is 86.6 Å². The molecule has 1 aromatic carbocycles. The molecular weight excluding hydrogens is 192 g/mol. The van der Waals surface area contributed by atoms with Gasteiger partial charge in [-0.05, 0) is 13.0 Å². The van der Waals surface area contributed by atoms with Gasteiger partial charge in [0.15, 0.2) is 0 Å². The molecule has 0 radical (unpaired) electrons. The van der Waals surface area contributed by atoms with Crippen LogP contribution in [0.5, 0.6) is 0 Å². The fourth-order valence-electron chi connectivity index (χ4n) is 1.43. The number of benzene rings is 1. The molecule has 0 unspecified atom stereocenters. The Morgan fingerprint density at radius 3 is 2.73 bits per heavy atom. The maximum absolute atomic E-state index is 11.0. The largest absolute Gasteiger partial charge is 0.478 e. The third kappa shape index (κ3) is 1.74. The molecule has 2 rings (SSSR count). The van der Waals surface area contributed by atoms with Crippen LogP contribution in [-0.4, -0.2) is 21.0 Å². The first-order valence-corrected chi connectivity index (χ1v) is 4.53. The molecule has 15 heavy (non-hydrogen) atoms.